The Morgan fingerprint density at radius 1 is 1.33 bits per heavy atom. The number of aliphatic hydroxyl groups excluding tert-OH is 1. The quantitative estimate of drug-likeness (QED) is 0.737. The molecule has 1 heterocycles. The molecule has 24 heavy (non-hydrogen) atoms. The molecular formula is C16H21F3N2O3. The molecule has 1 aromatic carbocycles. The number of hydrogen-bond donors (Lipinski definition) is 2. The third-order valence-corrected chi connectivity index (χ3v) is 3.93. The largest absolute Gasteiger partial charge is 0.492 e. The van der Waals surface area contributed by atoms with Crippen LogP contribution in [0.1, 0.15) is 18.4 Å². The molecule has 0 bridgehead atoms. The Kier molecular flexibility index (Phi) is 6.44. The van der Waals surface area contributed by atoms with Gasteiger partial charge in [-0.2, -0.15) is 13.2 Å². The average molecular weight is 346 g/mol. The second-order valence-electron chi connectivity index (χ2n) is 5.67. The van der Waals surface area contributed by atoms with Crippen LogP contribution in [0.15, 0.2) is 24.3 Å². The number of likely N-dealkylation sites (tertiary alicyclic amines) is 1. The number of carbonyl (C=O) groups is 1. The van der Waals surface area contributed by atoms with Crippen LogP contribution < -0.4 is 10.1 Å². The zero-order chi connectivity index (χ0) is 17.6. The van der Waals surface area contributed by atoms with Crippen LogP contribution in [0, 0.1) is 0 Å². The lowest BCUT2D eigenvalue weighted by molar-refractivity contribution is -0.137. The van der Waals surface area contributed by atoms with Gasteiger partial charge in [-0.15, -0.1) is 0 Å². The molecule has 2 N–H and O–H groups in total. The van der Waals surface area contributed by atoms with E-state index in [1.807, 2.05) is 4.90 Å². The number of amides is 1. The van der Waals surface area contributed by atoms with Gasteiger partial charge < -0.3 is 15.2 Å². The molecule has 134 valence electrons. The van der Waals surface area contributed by atoms with Crippen LogP contribution in [-0.2, 0) is 11.0 Å². The summed E-state index contributed by atoms with van der Waals surface area (Å²) in [5.41, 5.74) is -0.729. The molecule has 1 aromatic rings. The molecule has 0 aliphatic carbocycles. The standard InChI is InChI=1S/C16H21F3N2O3/c17-16(18,19)12-3-5-14(6-4-12)24-9-7-20-15(23)10-21-8-1-2-13(21)11-22/h3-6,13,22H,1-2,7-11H2,(H,20,23)/t13-/m1/s1. The normalized spacial score (nSPS) is 18.6. The molecule has 0 spiro atoms. The van der Waals surface area contributed by atoms with Crippen LogP contribution in [0.3, 0.4) is 0 Å². The summed E-state index contributed by atoms with van der Waals surface area (Å²) >= 11 is 0. The Labute approximate surface area is 138 Å². The Balaban J connectivity index is 1.66. The Bertz CT molecular complexity index is 534. The molecule has 5 nitrogen and oxygen atoms in total. The van der Waals surface area contributed by atoms with Crippen molar-refractivity contribution in [3.63, 3.8) is 0 Å². The highest BCUT2D eigenvalue weighted by Crippen LogP contribution is 2.30. The maximum Gasteiger partial charge on any atom is 0.416 e. The van der Waals surface area contributed by atoms with E-state index in [9.17, 15) is 23.1 Å². The number of benzene rings is 1. The van der Waals surface area contributed by atoms with Crippen molar-refractivity contribution in [3.05, 3.63) is 29.8 Å². The first-order chi connectivity index (χ1) is 11.4. The Morgan fingerprint density at radius 2 is 2.04 bits per heavy atom. The minimum atomic E-state index is -4.37. The second kappa shape index (κ2) is 8.34. The first kappa shape index (κ1) is 18.5. The Morgan fingerprint density at radius 3 is 2.67 bits per heavy atom. The summed E-state index contributed by atoms with van der Waals surface area (Å²) < 4.78 is 42.6. The third-order valence-electron chi connectivity index (χ3n) is 3.93. The van der Waals surface area contributed by atoms with Crippen molar-refractivity contribution in [1.82, 2.24) is 10.2 Å². The highest BCUT2D eigenvalue weighted by molar-refractivity contribution is 5.78. The third kappa shape index (κ3) is 5.38. The molecule has 1 saturated heterocycles. The predicted molar refractivity (Wildman–Crippen MR) is 81.6 cm³/mol. The summed E-state index contributed by atoms with van der Waals surface area (Å²) in [6.07, 6.45) is -2.51. The van der Waals surface area contributed by atoms with Crippen LogP contribution in [0.2, 0.25) is 0 Å². The van der Waals surface area contributed by atoms with Gasteiger partial charge >= 0.3 is 6.18 Å². The fraction of sp³-hybridized carbons (Fsp3) is 0.562. The van der Waals surface area contributed by atoms with E-state index in [0.717, 1.165) is 31.5 Å². The lowest BCUT2D eigenvalue weighted by Crippen LogP contribution is -2.42. The number of rotatable bonds is 7. The minimum absolute atomic E-state index is 0.0409. The molecule has 1 atom stereocenters. The second-order valence-corrected chi connectivity index (χ2v) is 5.67. The van der Waals surface area contributed by atoms with E-state index in [2.05, 4.69) is 5.32 Å². The van der Waals surface area contributed by atoms with Gasteiger partial charge in [0.25, 0.3) is 0 Å². The predicted octanol–water partition coefficient (Wildman–Crippen LogP) is 1.66. The van der Waals surface area contributed by atoms with Gasteiger partial charge in [0.1, 0.15) is 12.4 Å². The van der Waals surface area contributed by atoms with E-state index >= 15 is 0 Å². The van der Waals surface area contributed by atoms with E-state index in [4.69, 9.17) is 4.74 Å². The van der Waals surface area contributed by atoms with Crippen molar-refractivity contribution in [2.75, 3.05) is 32.8 Å². The van der Waals surface area contributed by atoms with E-state index in [-0.39, 0.29) is 38.3 Å². The van der Waals surface area contributed by atoms with Gasteiger partial charge in [-0.05, 0) is 43.7 Å². The van der Waals surface area contributed by atoms with Gasteiger partial charge in [0, 0.05) is 6.04 Å². The average Bonchev–Trinajstić information content (AvgIpc) is 2.98. The summed E-state index contributed by atoms with van der Waals surface area (Å²) in [7, 11) is 0. The van der Waals surface area contributed by atoms with Gasteiger partial charge in [0.05, 0.1) is 25.3 Å². The fourth-order valence-corrected chi connectivity index (χ4v) is 2.65. The smallest absolute Gasteiger partial charge is 0.416 e. The molecule has 0 radical (unpaired) electrons. The van der Waals surface area contributed by atoms with Crippen molar-refractivity contribution in [2.24, 2.45) is 0 Å². The number of nitrogens with one attached hydrogen (secondary N) is 1. The zero-order valence-electron chi connectivity index (χ0n) is 13.2. The first-order valence-electron chi connectivity index (χ1n) is 7.82. The summed E-state index contributed by atoms with van der Waals surface area (Å²) in [5.74, 6) is 0.156. The Hall–Kier alpha value is -1.80. The number of carbonyl (C=O) groups excluding carboxylic acids is 1. The monoisotopic (exact) mass is 346 g/mol. The van der Waals surface area contributed by atoms with E-state index in [1.54, 1.807) is 0 Å². The molecule has 8 heteroatoms. The highest BCUT2D eigenvalue weighted by Gasteiger charge is 2.30. The molecule has 1 fully saturated rings. The van der Waals surface area contributed by atoms with Gasteiger partial charge in [-0.25, -0.2) is 0 Å². The molecule has 0 aromatic heterocycles. The van der Waals surface area contributed by atoms with Crippen LogP contribution in [0.4, 0.5) is 13.2 Å². The zero-order valence-corrected chi connectivity index (χ0v) is 13.2. The van der Waals surface area contributed by atoms with E-state index < -0.39 is 11.7 Å². The van der Waals surface area contributed by atoms with Gasteiger partial charge in [0.2, 0.25) is 5.91 Å². The molecular weight excluding hydrogens is 325 g/mol. The number of aliphatic hydroxyl groups is 1. The number of halogens is 3. The van der Waals surface area contributed by atoms with Crippen LogP contribution in [0.5, 0.6) is 5.75 Å². The number of ether oxygens (including phenoxy) is 1. The van der Waals surface area contributed by atoms with Crippen LogP contribution in [-0.4, -0.2) is 54.8 Å². The van der Waals surface area contributed by atoms with Gasteiger partial charge in [-0.3, -0.25) is 9.69 Å². The van der Waals surface area contributed by atoms with E-state index in [0.29, 0.717) is 5.75 Å². The maximum atomic E-state index is 12.4. The summed E-state index contributed by atoms with van der Waals surface area (Å²) in [5, 5.41) is 11.9. The van der Waals surface area contributed by atoms with Gasteiger partial charge in [0.15, 0.2) is 0 Å². The van der Waals surface area contributed by atoms with Crippen molar-refractivity contribution in [3.8, 4) is 5.75 Å². The van der Waals surface area contributed by atoms with E-state index in [1.165, 1.54) is 12.1 Å². The fourth-order valence-electron chi connectivity index (χ4n) is 2.65. The number of alkyl halides is 3. The molecule has 0 unspecified atom stereocenters. The first-order valence-corrected chi connectivity index (χ1v) is 7.82. The van der Waals surface area contributed by atoms with Crippen LogP contribution >= 0.6 is 0 Å². The van der Waals surface area contributed by atoms with Crippen molar-refractivity contribution in [2.45, 2.75) is 25.1 Å². The van der Waals surface area contributed by atoms with Crippen molar-refractivity contribution >= 4 is 5.91 Å². The topological polar surface area (TPSA) is 61.8 Å². The summed E-state index contributed by atoms with van der Waals surface area (Å²) in [4.78, 5) is 13.7. The molecule has 1 amide bonds. The van der Waals surface area contributed by atoms with Crippen molar-refractivity contribution in [1.29, 1.82) is 0 Å². The maximum absolute atomic E-state index is 12.4. The minimum Gasteiger partial charge on any atom is -0.492 e. The number of hydrogen-bond acceptors (Lipinski definition) is 4. The number of nitrogens with zero attached hydrogens (tertiary/aromatic N) is 1. The summed E-state index contributed by atoms with van der Waals surface area (Å²) in [6, 6.07) is 4.45. The molecule has 1 aliphatic rings. The van der Waals surface area contributed by atoms with Crippen LogP contribution in [0.25, 0.3) is 0 Å². The SMILES string of the molecule is O=C(CN1CCC[C@@H]1CO)NCCOc1ccc(C(F)(F)F)cc1. The highest BCUT2D eigenvalue weighted by atomic mass is 19.4. The molecule has 0 saturated carbocycles. The molecule has 2 rings (SSSR count). The lowest BCUT2D eigenvalue weighted by atomic mass is 10.2. The lowest BCUT2D eigenvalue weighted by Gasteiger charge is -2.21. The summed E-state index contributed by atoms with van der Waals surface area (Å²) in [6.45, 7) is 1.49. The van der Waals surface area contributed by atoms with Crippen molar-refractivity contribution < 1.29 is 27.8 Å². The van der Waals surface area contributed by atoms with Gasteiger partial charge in [-0.1, -0.05) is 0 Å². The molecule has 1 aliphatic heterocycles.